The molecule has 0 aromatic heterocycles. The molecule has 0 saturated carbocycles. The summed E-state index contributed by atoms with van der Waals surface area (Å²) in [5.74, 6) is 1.73. The van der Waals surface area contributed by atoms with Gasteiger partial charge in [-0.15, -0.1) is 0 Å². The highest BCUT2D eigenvalue weighted by Crippen LogP contribution is 2.38. The lowest BCUT2D eigenvalue weighted by molar-refractivity contribution is -0.143. The molecule has 0 radical (unpaired) electrons. The number of guanidine groups is 1. The minimum atomic E-state index is -4.18. The highest BCUT2D eigenvalue weighted by Gasteiger charge is 2.34. The van der Waals surface area contributed by atoms with Crippen molar-refractivity contribution in [2.45, 2.75) is 38.5 Å². The zero-order valence-electron chi connectivity index (χ0n) is 16.3. The Morgan fingerprint density at radius 3 is 2.86 bits per heavy atom. The average molecular weight is 435 g/mol. The molecule has 1 fully saturated rings. The summed E-state index contributed by atoms with van der Waals surface area (Å²) in [4.78, 5) is 5.97. The van der Waals surface area contributed by atoms with Gasteiger partial charge in [0.05, 0.1) is 31.3 Å². The summed E-state index contributed by atoms with van der Waals surface area (Å²) in [6.45, 7) is 3.92. The van der Waals surface area contributed by atoms with E-state index < -0.39 is 12.7 Å². The van der Waals surface area contributed by atoms with Crippen molar-refractivity contribution in [1.29, 1.82) is 0 Å². The number of aliphatic imine (C=N–C) groups is 1. The van der Waals surface area contributed by atoms with Crippen LogP contribution in [0.25, 0.3) is 0 Å². The lowest BCUT2D eigenvalue weighted by Gasteiger charge is -2.20. The Hall–Kier alpha value is -1.87. The molecule has 2 heterocycles. The molecular weight excluding hydrogens is 409 g/mol. The van der Waals surface area contributed by atoms with Crippen LogP contribution in [0, 0.1) is 0 Å². The van der Waals surface area contributed by atoms with Gasteiger partial charge in [0.1, 0.15) is 0 Å². The van der Waals surface area contributed by atoms with E-state index in [0.29, 0.717) is 68.3 Å². The van der Waals surface area contributed by atoms with Gasteiger partial charge in [-0.2, -0.15) is 13.2 Å². The van der Waals surface area contributed by atoms with Crippen LogP contribution < -0.4 is 20.1 Å². The molecule has 29 heavy (non-hydrogen) atoms. The maximum atomic E-state index is 12.6. The van der Waals surface area contributed by atoms with Crippen LogP contribution in [0.15, 0.2) is 17.1 Å². The molecule has 10 heteroatoms. The van der Waals surface area contributed by atoms with E-state index in [1.807, 2.05) is 13.0 Å². The van der Waals surface area contributed by atoms with Crippen molar-refractivity contribution in [1.82, 2.24) is 15.5 Å². The van der Waals surface area contributed by atoms with Crippen molar-refractivity contribution in [3.63, 3.8) is 0 Å². The number of nitrogens with one attached hydrogen (secondary N) is 2. The molecule has 1 aromatic rings. The van der Waals surface area contributed by atoms with Crippen molar-refractivity contribution in [3.05, 3.63) is 22.7 Å². The van der Waals surface area contributed by atoms with Gasteiger partial charge >= 0.3 is 6.18 Å². The van der Waals surface area contributed by atoms with E-state index in [1.165, 1.54) is 4.90 Å². The predicted octanol–water partition coefficient (Wildman–Crippen LogP) is 3.19. The maximum Gasteiger partial charge on any atom is 0.401 e. The summed E-state index contributed by atoms with van der Waals surface area (Å²) in [6, 6.07) is 3.57. The molecule has 2 aliphatic rings. The summed E-state index contributed by atoms with van der Waals surface area (Å²) in [6.07, 6.45) is -2.75. The van der Waals surface area contributed by atoms with Crippen molar-refractivity contribution < 1.29 is 22.6 Å². The van der Waals surface area contributed by atoms with Crippen molar-refractivity contribution in [3.8, 4) is 11.5 Å². The van der Waals surface area contributed by atoms with Crippen LogP contribution in [-0.2, 0) is 6.54 Å². The number of rotatable bonds is 5. The molecule has 1 saturated heterocycles. The third-order valence-corrected chi connectivity index (χ3v) is 4.92. The van der Waals surface area contributed by atoms with Gasteiger partial charge in [-0.05, 0) is 31.0 Å². The third-order valence-electron chi connectivity index (χ3n) is 4.64. The van der Waals surface area contributed by atoms with Crippen LogP contribution in [0.1, 0.15) is 25.3 Å². The Bertz CT molecular complexity index is 730. The number of likely N-dealkylation sites (tertiary alicyclic amines) is 1. The second-order valence-electron chi connectivity index (χ2n) is 7.13. The number of benzene rings is 1. The van der Waals surface area contributed by atoms with Gasteiger partial charge in [0.2, 0.25) is 0 Å². The zero-order valence-corrected chi connectivity index (χ0v) is 17.1. The van der Waals surface area contributed by atoms with Gasteiger partial charge in [0.25, 0.3) is 0 Å². The molecule has 3 rings (SSSR count). The fourth-order valence-electron chi connectivity index (χ4n) is 3.41. The van der Waals surface area contributed by atoms with E-state index in [1.54, 1.807) is 6.07 Å². The molecule has 2 aliphatic heterocycles. The largest absolute Gasteiger partial charge is 0.489 e. The first-order valence-corrected chi connectivity index (χ1v) is 10.1. The fraction of sp³-hybridized carbons (Fsp3) is 0.632. The number of hydrogen-bond acceptors (Lipinski definition) is 4. The quantitative estimate of drug-likeness (QED) is 0.550. The molecule has 162 valence electrons. The minimum absolute atomic E-state index is 0.0810. The molecule has 1 unspecified atom stereocenters. The van der Waals surface area contributed by atoms with E-state index in [-0.39, 0.29) is 6.04 Å². The van der Waals surface area contributed by atoms with E-state index >= 15 is 0 Å². The van der Waals surface area contributed by atoms with E-state index in [2.05, 4.69) is 15.6 Å². The molecule has 2 N–H and O–H groups in total. The van der Waals surface area contributed by atoms with Crippen LogP contribution >= 0.6 is 11.6 Å². The monoisotopic (exact) mass is 434 g/mol. The van der Waals surface area contributed by atoms with Gasteiger partial charge in [-0.3, -0.25) is 4.90 Å². The minimum Gasteiger partial charge on any atom is -0.489 e. The van der Waals surface area contributed by atoms with Gasteiger partial charge < -0.3 is 20.1 Å². The maximum absolute atomic E-state index is 12.6. The summed E-state index contributed by atoms with van der Waals surface area (Å²) in [7, 11) is 0. The average Bonchev–Trinajstić information content (AvgIpc) is 2.91. The number of halogens is 4. The topological polar surface area (TPSA) is 58.1 Å². The van der Waals surface area contributed by atoms with Gasteiger partial charge in [0.15, 0.2) is 17.5 Å². The number of fused-ring (bicyclic) bond motifs is 1. The Balaban J connectivity index is 1.62. The fourth-order valence-corrected chi connectivity index (χ4v) is 3.69. The van der Waals surface area contributed by atoms with Crippen LogP contribution in [0.2, 0.25) is 5.02 Å². The van der Waals surface area contributed by atoms with Crippen LogP contribution in [0.3, 0.4) is 0 Å². The van der Waals surface area contributed by atoms with Gasteiger partial charge in [-0.1, -0.05) is 11.6 Å². The van der Waals surface area contributed by atoms with E-state index in [0.717, 1.165) is 12.0 Å². The standard InChI is InChI=1S/C19H26ClF3N4O2/c1-2-24-18(26-14-4-5-27(11-14)12-19(21,22)23)25-10-13-8-15(20)17-16(9-13)28-6-3-7-29-17/h8-9,14H,2-7,10-12H2,1H3,(H2,24,25,26). The molecule has 0 spiro atoms. The van der Waals surface area contributed by atoms with Crippen molar-refractivity contribution >= 4 is 17.6 Å². The number of alkyl halides is 3. The Labute approximate surface area is 173 Å². The van der Waals surface area contributed by atoms with Crippen molar-refractivity contribution in [2.24, 2.45) is 4.99 Å². The molecule has 1 aromatic carbocycles. The SMILES string of the molecule is CCNC(=NCc1cc(Cl)c2c(c1)OCCCO2)NC1CCN(CC(F)(F)F)C1. The first kappa shape index (κ1) is 21.8. The van der Waals surface area contributed by atoms with E-state index in [9.17, 15) is 13.2 Å². The summed E-state index contributed by atoms with van der Waals surface area (Å²) in [5.41, 5.74) is 0.863. The highest BCUT2D eigenvalue weighted by molar-refractivity contribution is 6.32. The summed E-state index contributed by atoms with van der Waals surface area (Å²) < 4.78 is 49.1. The summed E-state index contributed by atoms with van der Waals surface area (Å²) >= 11 is 6.32. The van der Waals surface area contributed by atoms with Crippen molar-refractivity contribution in [2.75, 3.05) is 39.4 Å². The first-order chi connectivity index (χ1) is 13.8. The molecule has 6 nitrogen and oxygen atoms in total. The molecule has 0 bridgehead atoms. The first-order valence-electron chi connectivity index (χ1n) is 9.76. The predicted molar refractivity (Wildman–Crippen MR) is 106 cm³/mol. The normalized spacial score (nSPS) is 20.4. The van der Waals surface area contributed by atoms with E-state index in [4.69, 9.17) is 21.1 Å². The molecule has 1 atom stereocenters. The highest BCUT2D eigenvalue weighted by atomic mass is 35.5. The van der Waals surface area contributed by atoms with Gasteiger partial charge in [0, 0.05) is 32.1 Å². The Morgan fingerprint density at radius 1 is 1.31 bits per heavy atom. The second kappa shape index (κ2) is 9.75. The number of ether oxygens (including phenoxy) is 2. The Kier molecular flexibility index (Phi) is 7.34. The molecular formula is C19H26ClF3N4O2. The lowest BCUT2D eigenvalue weighted by atomic mass is 10.2. The second-order valence-corrected chi connectivity index (χ2v) is 7.54. The van der Waals surface area contributed by atoms with Crippen LogP contribution in [-0.4, -0.2) is 62.5 Å². The zero-order chi connectivity index (χ0) is 20.9. The number of nitrogens with zero attached hydrogens (tertiary/aromatic N) is 2. The lowest BCUT2D eigenvalue weighted by Crippen LogP contribution is -2.45. The third kappa shape index (κ3) is 6.57. The smallest absolute Gasteiger partial charge is 0.401 e. The summed E-state index contributed by atoms with van der Waals surface area (Å²) in [5, 5.41) is 6.85. The number of hydrogen-bond donors (Lipinski definition) is 2. The Morgan fingerprint density at radius 2 is 2.10 bits per heavy atom. The van der Waals surface area contributed by atoms with Crippen LogP contribution in [0.5, 0.6) is 11.5 Å². The molecule has 0 aliphatic carbocycles. The van der Waals surface area contributed by atoms with Crippen LogP contribution in [0.4, 0.5) is 13.2 Å². The van der Waals surface area contributed by atoms with Gasteiger partial charge in [-0.25, -0.2) is 4.99 Å². The molecule has 0 amide bonds.